The smallest absolute Gasteiger partial charge is 0.191 e. The molecule has 30 heavy (non-hydrogen) atoms. The fourth-order valence-corrected chi connectivity index (χ4v) is 3.31. The molecule has 0 spiro atoms. The summed E-state index contributed by atoms with van der Waals surface area (Å²) >= 11 is 0. The number of para-hydroxylation sites is 1. The van der Waals surface area contributed by atoms with E-state index in [-0.39, 0.29) is 30.1 Å². The summed E-state index contributed by atoms with van der Waals surface area (Å²) in [5.41, 5.74) is 3.16. The molecule has 1 aromatic heterocycles. The zero-order valence-corrected chi connectivity index (χ0v) is 19.4. The minimum Gasteiger partial charge on any atom is -0.497 e. The molecule has 3 aromatic rings. The van der Waals surface area contributed by atoms with Gasteiger partial charge in [0.1, 0.15) is 17.6 Å². The fourth-order valence-electron chi connectivity index (χ4n) is 3.31. The lowest BCUT2D eigenvalue weighted by molar-refractivity contribution is 0.235. The molecule has 0 saturated heterocycles. The van der Waals surface area contributed by atoms with Crippen LogP contribution < -0.4 is 20.1 Å². The molecule has 0 saturated carbocycles. The highest BCUT2D eigenvalue weighted by atomic mass is 127. The second-order valence-corrected chi connectivity index (χ2v) is 6.81. The van der Waals surface area contributed by atoms with Crippen LogP contribution in [0, 0.1) is 0 Å². The highest BCUT2D eigenvalue weighted by Crippen LogP contribution is 2.27. The third kappa shape index (κ3) is 5.24. The van der Waals surface area contributed by atoms with E-state index in [2.05, 4.69) is 26.8 Å². The lowest BCUT2D eigenvalue weighted by Crippen LogP contribution is -2.42. The molecule has 2 heterocycles. The van der Waals surface area contributed by atoms with Crippen LogP contribution in [0.1, 0.15) is 11.3 Å². The molecule has 7 nitrogen and oxygen atoms in total. The summed E-state index contributed by atoms with van der Waals surface area (Å²) in [7, 11) is 3.42. The van der Waals surface area contributed by atoms with Gasteiger partial charge >= 0.3 is 0 Å². The van der Waals surface area contributed by atoms with Crippen molar-refractivity contribution in [3.63, 3.8) is 0 Å². The van der Waals surface area contributed by atoms with Crippen molar-refractivity contribution in [2.24, 2.45) is 4.99 Å². The van der Waals surface area contributed by atoms with Crippen molar-refractivity contribution in [2.75, 3.05) is 20.7 Å². The molecule has 0 aliphatic carbocycles. The largest absolute Gasteiger partial charge is 0.497 e. The van der Waals surface area contributed by atoms with E-state index >= 15 is 0 Å². The monoisotopic (exact) mass is 519 g/mol. The van der Waals surface area contributed by atoms with Gasteiger partial charge < -0.3 is 20.1 Å². The number of nitrogens with zero attached hydrogens (tertiary/aromatic N) is 3. The second-order valence-electron chi connectivity index (χ2n) is 6.81. The number of hydrogen-bond acceptors (Lipinski definition) is 4. The average Bonchev–Trinajstić information content (AvgIpc) is 3.40. The van der Waals surface area contributed by atoms with Gasteiger partial charge in [0.15, 0.2) is 5.96 Å². The number of aromatic nitrogens is 2. The summed E-state index contributed by atoms with van der Waals surface area (Å²) in [6.07, 6.45) is 2.96. The Morgan fingerprint density at radius 3 is 2.70 bits per heavy atom. The average molecular weight is 519 g/mol. The minimum absolute atomic E-state index is 0. The number of rotatable bonds is 6. The Hall–Kier alpha value is -2.75. The summed E-state index contributed by atoms with van der Waals surface area (Å²) in [6.45, 7) is 1.27. The van der Waals surface area contributed by atoms with Gasteiger partial charge in [-0.25, -0.2) is 4.68 Å². The SMILES string of the molecule is CN=C(NCc1ccn(-c2ccc(OC)cc2)n1)NCC1Cc2ccccc2O1.I. The topological polar surface area (TPSA) is 72.7 Å². The molecule has 0 amide bonds. The van der Waals surface area contributed by atoms with Gasteiger partial charge in [-0.2, -0.15) is 5.10 Å². The second kappa shape index (κ2) is 10.3. The quantitative estimate of drug-likeness (QED) is 0.298. The Bertz CT molecular complexity index is 962. The first-order valence-electron chi connectivity index (χ1n) is 9.63. The minimum atomic E-state index is 0. The maximum atomic E-state index is 5.96. The van der Waals surface area contributed by atoms with Crippen LogP contribution in [0.25, 0.3) is 5.69 Å². The number of guanidine groups is 1. The van der Waals surface area contributed by atoms with Crippen LogP contribution in [-0.4, -0.2) is 42.5 Å². The molecule has 158 valence electrons. The van der Waals surface area contributed by atoms with Gasteiger partial charge in [-0.1, -0.05) is 18.2 Å². The van der Waals surface area contributed by atoms with E-state index in [1.165, 1.54) is 5.56 Å². The van der Waals surface area contributed by atoms with Gasteiger partial charge in [-0.3, -0.25) is 4.99 Å². The number of benzene rings is 2. The maximum absolute atomic E-state index is 5.96. The van der Waals surface area contributed by atoms with E-state index in [1.807, 2.05) is 59.4 Å². The van der Waals surface area contributed by atoms with Crippen LogP contribution in [0.4, 0.5) is 0 Å². The summed E-state index contributed by atoms with van der Waals surface area (Å²) in [5, 5.41) is 11.2. The van der Waals surface area contributed by atoms with Crippen LogP contribution in [0.2, 0.25) is 0 Å². The number of hydrogen-bond donors (Lipinski definition) is 2. The van der Waals surface area contributed by atoms with Gasteiger partial charge in [0.05, 0.1) is 31.6 Å². The molecule has 4 rings (SSSR count). The molecule has 0 radical (unpaired) electrons. The Kier molecular flexibility index (Phi) is 7.56. The summed E-state index contributed by atoms with van der Waals surface area (Å²) in [5.74, 6) is 2.53. The number of aliphatic imine (C=N–C) groups is 1. The van der Waals surface area contributed by atoms with E-state index in [4.69, 9.17) is 9.47 Å². The normalized spacial score (nSPS) is 15.0. The first kappa shape index (κ1) is 21.9. The van der Waals surface area contributed by atoms with Gasteiger partial charge in [-0.15, -0.1) is 24.0 Å². The third-order valence-electron chi connectivity index (χ3n) is 4.85. The van der Waals surface area contributed by atoms with Crippen molar-refractivity contribution in [1.82, 2.24) is 20.4 Å². The number of methoxy groups -OCH3 is 1. The number of nitrogens with one attached hydrogen (secondary N) is 2. The summed E-state index contributed by atoms with van der Waals surface area (Å²) in [6, 6.07) is 18.0. The Morgan fingerprint density at radius 2 is 1.97 bits per heavy atom. The highest BCUT2D eigenvalue weighted by molar-refractivity contribution is 14.0. The molecule has 1 aliphatic rings. The van der Waals surface area contributed by atoms with E-state index in [1.54, 1.807) is 14.2 Å². The maximum Gasteiger partial charge on any atom is 0.191 e. The molecule has 8 heteroatoms. The Morgan fingerprint density at radius 1 is 1.17 bits per heavy atom. The molecule has 0 fully saturated rings. The van der Waals surface area contributed by atoms with Crippen molar-refractivity contribution in [3.8, 4) is 17.2 Å². The van der Waals surface area contributed by atoms with Crippen molar-refractivity contribution in [3.05, 3.63) is 72.1 Å². The predicted octanol–water partition coefficient (Wildman–Crippen LogP) is 3.17. The number of fused-ring (bicyclic) bond motifs is 1. The van der Waals surface area contributed by atoms with E-state index < -0.39 is 0 Å². The fraction of sp³-hybridized carbons (Fsp3) is 0.273. The molecular weight excluding hydrogens is 493 g/mol. The lowest BCUT2D eigenvalue weighted by atomic mass is 10.1. The predicted molar refractivity (Wildman–Crippen MR) is 128 cm³/mol. The van der Waals surface area contributed by atoms with Gasteiger partial charge in [0.2, 0.25) is 0 Å². The molecule has 1 unspecified atom stereocenters. The van der Waals surface area contributed by atoms with E-state index in [0.29, 0.717) is 13.1 Å². The van der Waals surface area contributed by atoms with Crippen LogP contribution >= 0.6 is 24.0 Å². The van der Waals surface area contributed by atoms with Crippen LogP contribution in [0.15, 0.2) is 65.8 Å². The third-order valence-corrected chi connectivity index (χ3v) is 4.85. The van der Waals surface area contributed by atoms with Gasteiger partial charge in [0, 0.05) is 19.7 Å². The zero-order chi connectivity index (χ0) is 20.1. The molecule has 1 atom stereocenters. The number of ether oxygens (including phenoxy) is 2. The lowest BCUT2D eigenvalue weighted by Gasteiger charge is -2.15. The Balaban J connectivity index is 0.00000256. The van der Waals surface area contributed by atoms with Crippen molar-refractivity contribution >= 4 is 29.9 Å². The highest BCUT2D eigenvalue weighted by Gasteiger charge is 2.22. The molecule has 2 aromatic carbocycles. The number of halogens is 1. The molecule has 1 aliphatic heterocycles. The zero-order valence-electron chi connectivity index (χ0n) is 17.0. The van der Waals surface area contributed by atoms with Crippen molar-refractivity contribution in [1.29, 1.82) is 0 Å². The molecule has 0 bridgehead atoms. The van der Waals surface area contributed by atoms with Gasteiger partial charge in [0.25, 0.3) is 0 Å². The van der Waals surface area contributed by atoms with Gasteiger partial charge in [-0.05, 0) is 42.0 Å². The molecule has 2 N–H and O–H groups in total. The van der Waals surface area contributed by atoms with E-state index in [9.17, 15) is 0 Å². The van der Waals surface area contributed by atoms with Crippen LogP contribution in [-0.2, 0) is 13.0 Å². The molecular formula is C22H26IN5O2. The summed E-state index contributed by atoms with van der Waals surface area (Å²) < 4.78 is 13.0. The standard InChI is InChI=1S/C22H25N5O2.HI/c1-23-22(25-15-20-13-16-5-3-4-6-21(16)29-20)24-14-17-11-12-27(26-17)18-7-9-19(28-2)10-8-18;/h3-12,20H,13-15H2,1-2H3,(H2,23,24,25);1H. The Labute approximate surface area is 193 Å². The van der Waals surface area contributed by atoms with Crippen molar-refractivity contribution in [2.45, 2.75) is 19.1 Å². The first-order chi connectivity index (χ1) is 14.2. The van der Waals surface area contributed by atoms with Crippen molar-refractivity contribution < 1.29 is 9.47 Å². The van der Waals surface area contributed by atoms with Crippen LogP contribution in [0.5, 0.6) is 11.5 Å². The summed E-state index contributed by atoms with van der Waals surface area (Å²) in [4.78, 5) is 4.29. The first-order valence-corrected chi connectivity index (χ1v) is 9.63. The van der Waals surface area contributed by atoms with Crippen LogP contribution in [0.3, 0.4) is 0 Å². The van der Waals surface area contributed by atoms with E-state index in [0.717, 1.165) is 35.3 Å².